The second-order valence-corrected chi connectivity index (χ2v) is 13.1. The number of halogens is 1. The predicted octanol–water partition coefficient (Wildman–Crippen LogP) is 5.34. The number of nitrogens with zero attached hydrogens (tertiary/aromatic N) is 4. The van der Waals surface area contributed by atoms with Gasteiger partial charge in [-0.2, -0.15) is 5.26 Å². The van der Waals surface area contributed by atoms with Crippen LogP contribution >= 0.6 is 0 Å². The van der Waals surface area contributed by atoms with E-state index >= 15 is 0 Å². The number of methoxy groups -OCH3 is 1. The third-order valence-corrected chi connectivity index (χ3v) is 7.36. The van der Waals surface area contributed by atoms with E-state index in [9.17, 15) is 22.9 Å². The van der Waals surface area contributed by atoms with Gasteiger partial charge in [-0.15, -0.1) is 0 Å². The Labute approximate surface area is 232 Å². The second-order valence-electron chi connectivity index (χ2n) is 11.1. The average molecular weight is 568 g/mol. The zero-order valence-corrected chi connectivity index (χ0v) is 24.1. The molecule has 40 heavy (non-hydrogen) atoms. The number of fused-ring (bicyclic) bond motifs is 1. The quantitative estimate of drug-likeness (QED) is 0.433. The molecular weight excluding hydrogens is 537 g/mol. The molecule has 0 fully saturated rings. The van der Waals surface area contributed by atoms with Crippen molar-refractivity contribution in [2.45, 2.75) is 50.5 Å². The van der Waals surface area contributed by atoms with Gasteiger partial charge in [-0.3, -0.25) is 4.90 Å². The number of anilines is 3. The third-order valence-electron chi connectivity index (χ3n) is 6.25. The molecule has 0 atom stereocenters. The molecule has 0 aliphatic carbocycles. The molecular formula is C28H30FN5O5S. The summed E-state index contributed by atoms with van der Waals surface area (Å²) in [5.41, 5.74) is 1.62. The molecule has 4 rings (SSSR count). The highest BCUT2D eigenvalue weighted by molar-refractivity contribution is 7.90. The number of hydrogen-bond donors (Lipinski definition) is 1. The number of sulfone groups is 1. The number of nitriles is 1. The molecule has 0 bridgehead atoms. The first-order valence-electron chi connectivity index (χ1n) is 12.3. The van der Waals surface area contributed by atoms with Crippen LogP contribution in [-0.4, -0.2) is 50.0 Å². The fourth-order valence-corrected chi connectivity index (χ4v) is 5.23. The van der Waals surface area contributed by atoms with E-state index in [1.165, 1.54) is 18.2 Å². The van der Waals surface area contributed by atoms with Gasteiger partial charge in [-0.1, -0.05) is 13.8 Å². The number of ether oxygens (including phenoxy) is 2. The van der Waals surface area contributed by atoms with Gasteiger partial charge in [-0.05, 0) is 44.5 Å². The molecule has 2 aromatic carbocycles. The molecule has 12 heteroatoms. The van der Waals surface area contributed by atoms with Crippen molar-refractivity contribution < 1.29 is 27.1 Å². The van der Waals surface area contributed by atoms with Crippen LogP contribution in [0.15, 0.2) is 41.4 Å². The maximum absolute atomic E-state index is 14.6. The Morgan fingerprint density at radius 2 is 1.93 bits per heavy atom. The lowest BCUT2D eigenvalue weighted by molar-refractivity contribution is 0.0579. The van der Waals surface area contributed by atoms with Gasteiger partial charge in [0.25, 0.3) is 0 Å². The van der Waals surface area contributed by atoms with Gasteiger partial charge in [0, 0.05) is 42.1 Å². The Bertz CT molecular complexity index is 1660. The second kappa shape index (κ2) is 10.1. The Kier molecular flexibility index (Phi) is 7.23. The van der Waals surface area contributed by atoms with Crippen molar-refractivity contribution in [1.82, 2.24) is 9.97 Å². The Hall–Kier alpha value is -4.24. The highest BCUT2D eigenvalue weighted by Gasteiger charge is 2.42. The topological polar surface area (TPSA) is 135 Å². The van der Waals surface area contributed by atoms with Crippen molar-refractivity contribution in [2.75, 3.05) is 30.1 Å². The molecule has 0 radical (unpaired) electrons. The lowest BCUT2D eigenvalue weighted by atomic mass is 9.85. The van der Waals surface area contributed by atoms with Crippen molar-refractivity contribution >= 4 is 33.3 Å². The van der Waals surface area contributed by atoms with Crippen molar-refractivity contribution in [1.29, 1.82) is 5.26 Å². The average Bonchev–Trinajstić information content (AvgIpc) is 3.13. The number of hydrogen-bond acceptors (Lipinski definition) is 9. The molecule has 210 valence electrons. The van der Waals surface area contributed by atoms with Gasteiger partial charge >= 0.3 is 6.09 Å². The van der Waals surface area contributed by atoms with E-state index in [2.05, 4.69) is 21.4 Å². The molecule has 1 amide bonds. The molecule has 0 saturated carbocycles. The van der Waals surface area contributed by atoms with Crippen LogP contribution in [0.4, 0.5) is 26.5 Å². The van der Waals surface area contributed by atoms with Gasteiger partial charge in [0.05, 0.1) is 29.7 Å². The molecule has 3 aromatic rings. The number of aromatic nitrogens is 2. The van der Waals surface area contributed by atoms with Crippen LogP contribution in [0.3, 0.4) is 0 Å². The zero-order valence-electron chi connectivity index (χ0n) is 23.3. The summed E-state index contributed by atoms with van der Waals surface area (Å²) < 4.78 is 49.2. The summed E-state index contributed by atoms with van der Waals surface area (Å²) in [6.45, 7) is 9.65. The van der Waals surface area contributed by atoms with E-state index in [0.29, 0.717) is 23.5 Å². The van der Waals surface area contributed by atoms with Gasteiger partial charge in [-0.25, -0.2) is 27.6 Å². The SMILES string of the molecule is COc1cc(S(C)(=O)=O)c(F)cc1Nc1nccc(-c2cc(C#N)c3c(c2)C(C)(C)CN3C(=O)OC(C)(C)C)n1. The molecule has 1 aliphatic heterocycles. The summed E-state index contributed by atoms with van der Waals surface area (Å²) in [6, 6.07) is 9.48. The predicted molar refractivity (Wildman–Crippen MR) is 148 cm³/mol. The summed E-state index contributed by atoms with van der Waals surface area (Å²) in [5, 5.41) is 12.9. The Morgan fingerprint density at radius 1 is 1.23 bits per heavy atom. The standard InChI is InChI=1S/C28H30FN5O5S/c1-27(2,3)39-26(35)34-15-28(4,5)18-11-16(10-17(14-30)24(18)34)20-8-9-31-25(32-20)33-21-12-19(29)23(40(7,36)37)13-22(21)38-6/h8-13H,15H2,1-7H3,(H,31,32,33). The van der Waals surface area contributed by atoms with Gasteiger partial charge < -0.3 is 14.8 Å². The van der Waals surface area contributed by atoms with E-state index in [-0.39, 0.29) is 22.9 Å². The molecule has 1 aromatic heterocycles. The number of carbonyl (C=O) groups is 1. The Balaban J connectivity index is 1.74. The van der Waals surface area contributed by atoms with E-state index in [1.54, 1.807) is 32.9 Å². The Morgan fingerprint density at radius 3 is 2.52 bits per heavy atom. The summed E-state index contributed by atoms with van der Waals surface area (Å²) >= 11 is 0. The van der Waals surface area contributed by atoms with E-state index in [0.717, 1.165) is 24.0 Å². The van der Waals surface area contributed by atoms with Crippen LogP contribution in [0.2, 0.25) is 0 Å². The van der Waals surface area contributed by atoms with Crippen LogP contribution in [-0.2, 0) is 20.0 Å². The highest BCUT2D eigenvalue weighted by atomic mass is 32.2. The number of benzene rings is 2. The van der Waals surface area contributed by atoms with Crippen LogP contribution < -0.4 is 15.0 Å². The minimum atomic E-state index is -3.81. The van der Waals surface area contributed by atoms with E-state index in [1.807, 2.05) is 19.9 Å². The van der Waals surface area contributed by atoms with Crippen molar-refractivity contribution in [3.63, 3.8) is 0 Å². The first kappa shape index (κ1) is 28.8. The molecule has 1 aliphatic rings. The van der Waals surface area contributed by atoms with Crippen LogP contribution in [0.5, 0.6) is 5.75 Å². The minimum absolute atomic E-state index is 0.0871. The largest absolute Gasteiger partial charge is 0.495 e. The van der Waals surface area contributed by atoms with Crippen molar-refractivity contribution in [3.8, 4) is 23.1 Å². The smallest absolute Gasteiger partial charge is 0.414 e. The first-order valence-corrected chi connectivity index (χ1v) is 14.2. The maximum atomic E-state index is 14.6. The maximum Gasteiger partial charge on any atom is 0.414 e. The number of rotatable bonds is 5. The summed E-state index contributed by atoms with van der Waals surface area (Å²) in [6.07, 6.45) is 1.88. The number of nitrogens with one attached hydrogen (secondary N) is 1. The molecule has 1 N–H and O–H groups in total. The summed E-state index contributed by atoms with van der Waals surface area (Å²) in [4.78, 5) is 22.7. The monoisotopic (exact) mass is 567 g/mol. The van der Waals surface area contributed by atoms with Gasteiger partial charge in [0.15, 0.2) is 9.84 Å². The third kappa shape index (κ3) is 5.70. The lowest BCUT2D eigenvalue weighted by Gasteiger charge is -2.26. The number of amides is 1. The van der Waals surface area contributed by atoms with Gasteiger partial charge in [0.2, 0.25) is 5.95 Å². The number of carbonyl (C=O) groups excluding carboxylic acids is 1. The summed E-state index contributed by atoms with van der Waals surface area (Å²) in [5.74, 6) is -0.768. The first-order chi connectivity index (χ1) is 18.5. The lowest BCUT2D eigenvalue weighted by Crippen LogP contribution is -2.38. The highest BCUT2D eigenvalue weighted by Crippen LogP contribution is 2.45. The molecule has 0 spiro atoms. The fraction of sp³-hybridized carbons (Fsp3) is 0.357. The van der Waals surface area contributed by atoms with Crippen LogP contribution in [0.1, 0.15) is 45.7 Å². The van der Waals surface area contributed by atoms with Gasteiger partial charge in [0.1, 0.15) is 28.1 Å². The zero-order chi connectivity index (χ0) is 29.6. The van der Waals surface area contributed by atoms with E-state index < -0.39 is 37.7 Å². The van der Waals surface area contributed by atoms with E-state index in [4.69, 9.17) is 9.47 Å². The molecule has 10 nitrogen and oxygen atoms in total. The van der Waals surface area contributed by atoms with Crippen molar-refractivity contribution in [3.05, 3.63) is 53.5 Å². The van der Waals surface area contributed by atoms with Crippen molar-refractivity contribution in [2.24, 2.45) is 0 Å². The molecule has 2 heterocycles. The normalized spacial score (nSPS) is 14.3. The van der Waals surface area contributed by atoms with Crippen LogP contribution in [0.25, 0.3) is 11.3 Å². The summed E-state index contributed by atoms with van der Waals surface area (Å²) in [7, 11) is -2.48. The van der Waals surface area contributed by atoms with Crippen LogP contribution in [0, 0.1) is 17.1 Å². The molecule has 0 saturated heterocycles. The molecule has 0 unspecified atom stereocenters. The fourth-order valence-electron chi connectivity index (χ4n) is 4.49. The minimum Gasteiger partial charge on any atom is -0.495 e.